The Hall–Kier alpha value is -2.38. The van der Waals surface area contributed by atoms with Crippen LogP contribution in [-0.2, 0) is 0 Å². The summed E-state index contributed by atoms with van der Waals surface area (Å²) in [5, 5.41) is 23.6. The lowest BCUT2D eigenvalue weighted by molar-refractivity contribution is -0.388. The van der Waals surface area contributed by atoms with E-state index < -0.39 is 4.92 Å². The van der Waals surface area contributed by atoms with Gasteiger partial charge in [-0.05, 0) is 18.8 Å². The third-order valence-corrected chi connectivity index (χ3v) is 2.21. The van der Waals surface area contributed by atoms with Crippen molar-refractivity contribution in [3.05, 3.63) is 28.7 Å². The topological polar surface area (TPSA) is 102 Å². The van der Waals surface area contributed by atoms with Gasteiger partial charge in [0, 0.05) is 12.2 Å². The molecule has 2 N–H and O–H groups in total. The van der Waals surface area contributed by atoms with E-state index in [4.69, 9.17) is 0 Å². The molecular formula is C9H12N6O2. The maximum Gasteiger partial charge on any atom is 0.366 e. The van der Waals surface area contributed by atoms with Crippen LogP contribution in [0, 0.1) is 10.1 Å². The fraction of sp³-hybridized carbons (Fsp3) is 0.333. The van der Waals surface area contributed by atoms with Crippen LogP contribution in [0.3, 0.4) is 0 Å². The number of nitro groups is 1. The molecule has 0 atom stereocenters. The Morgan fingerprint density at radius 3 is 2.88 bits per heavy atom. The first kappa shape index (κ1) is 11.1. The Balaban J connectivity index is 2.19. The molecule has 0 radical (unpaired) electrons. The summed E-state index contributed by atoms with van der Waals surface area (Å²) < 4.78 is 1.76. The molecule has 0 spiro atoms. The van der Waals surface area contributed by atoms with E-state index >= 15 is 0 Å². The molecule has 8 heteroatoms. The van der Waals surface area contributed by atoms with Crippen molar-refractivity contribution in [1.29, 1.82) is 0 Å². The minimum absolute atomic E-state index is 0.165. The molecule has 0 fully saturated rings. The molecule has 2 aromatic rings. The van der Waals surface area contributed by atoms with Gasteiger partial charge in [0.2, 0.25) is 0 Å². The first-order valence-corrected chi connectivity index (χ1v) is 5.07. The van der Waals surface area contributed by atoms with Gasteiger partial charge >= 0.3 is 5.82 Å². The normalized spacial score (nSPS) is 10.8. The van der Waals surface area contributed by atoms with Gasteiger partial charge in [-0.1, -0.05) is 5.10 Å². The number of hydrogen-bond donors (Lipinski definition) is 2. The second-order valence-electron chi connectivity index (χ2n) is 3.82. The second-order valence-corrected chi connectivity index (χ2v) is 3.82. The maximum absolute atomic E-state index is 10.7. The first-order valence-electron chi connectivity index (χ1n) is 5.07. The zero-order valence-corrected chi connectivity index (χ0v) is 9.41. The number of hydrogen-bond acceptors (Lipinski definition) is 5. The van der Waals surface area contributed by atoms with Gasteiger partial charge in [0.15, 0.2) is 5.69 Å². The molecule has 17 heavy (non-hydrogen) atoms. The lowest BCUT2D eigenvalue weighted by atomic mass is 10.4. The van der Waals surface area contributed by atoms with Crippen molar-refractivity contribution >= 4 is 17.2 Å². The van der Waals surface area contributed by atoms with E-state index in [1.807, 2.05) is 13.8 Å². The van der Waals surface area contributed by atoms with Crippen LogP contribution in [0.25, 0.3) is 0 Å². The van der Waals surface area contributed by atoms with Crippen molar-refractivity contribution in [3.63, 3.8) is 0 Å². The van der Waals surface area contributed by atoms with E-state index in [9.17, 15) is 10.1 Å². The van der Waals surface area contributed by atoms with Crippen LogP contribution in [-0.4, -0.2) is 24.9 Å². The van der Waals surface area contributed by atoms with Gasteiger partial charge in [-0.2, -0.15) is 5.10 Å². The van der Waals surface area contributed by atoms with Gasteiger partial charge in [-0.3, -0.25) is 4.68 Å². The molecule has 90 valence electrons. The van der Waals surface area contributed by atoms with Crippen LogP contribution in [0.1, 0.15) is 19.9 Å². The number of rotatable bonds is 4. The van der Waals surface area contributed by atoms with Gasteiger partial charge in [-0.25, -0.2) is 0 Å². The van der Waals surface area contributed by atoms with Gasteiger partial charge in [0.25, 0.3) is 0 Å². The summed E-state index contributed by atoms with van der Waals surface area (Å²) in [5.74, 6) is -0.165. The number of anilines is 2. The van der Waals surface area contributed by atoms with E-state index in [1.165, 1.54) is 6.20 Å². The minimum atomic E-state index is -0.526. The third-order valence-electron chi connectivity index (χ3n) is 2.21. The van der Waals surface area contributed by atoms with E-state index in [0.717, 1.165) is 0 Å². The molecule has 0 aliphatic rings. The second kappa shape index (κ2) is 4.24. The molecular weight excluding hydrogens is 224 g/mol. The van der Waals surface area contributed by atoms with Gasteiger partial charge < -0.3 is 15.4 Å². The third kappa shape index (κ3) is 2.25. The largest absolute Gasteiger partial charge is 0.366 e. The van der Waals surface area contributed by atoms with Crippen LogP contribution in [0.15, 0.2) is 18.6 Å². The molecule has 2 aromatic heterocycles. The van der Waals surface area contributed by atoms with Crippen LogP contribution >= 0.6 is 0 Å². The van der Waals surface area contributed by atoms with E-state index in [0.29, 0.717) is 11.4 Å². The van der Waals surface area contributed by atoms with Crippen molar-refractivity contribution in [2.24, 2.45) is 0 Å². The van der Waals surface area contributed by atoms with Crippen molar-refractivity contribution in [2.75, 3.05) is 5.32 Å². The minimum Gasteiger partial charge on any atom is -0.358 e. The molecule has 0 amide bonds. The molecule has 0 unspecified atom stereocenters. The first-order chi connectivity index (χ1) is 8.08. The van der Waals surface area contributed by atoms with E-state index in [1.54, 1.807) is 17.1 Å². The predicted octanol–water partition coefficient (Wildman–Crippen LogP) is 1.84. The summed E-state index contributed by atoms with van der Waals surface area (Å²) in [5.41, 5.74) is 1.00. The molecule has 8 nitrogen and oxygen atoms in total. The maximum atomic E-state index is 10.7. The summed E-state index contributed by atoms with van der Waals surface area (Å²) in [6, 6.07) is 0.241. The molecule has 2 rings (SSSR count). The van der Waals surface area contributed by atoms with Crippen molar-refractivity contribution in [1.82, 2.24) is 20.0 Å². The lowest BCUT2D eigenvalue weighted by Crippen LogP contribution is -2.00. The smallest absolute Gasteiger partial charge is 0.358 e. The fourth-order valence-corrected chi connectivity index (χ4v) is 1.35. The highest BCUT2D eigenvalue weighted by Crippen LogP contribution is 2.24. The summed E-state index contributed by atoms with van der Waals surface area (Å²) >= 11 is 0. The Morgan fingerprint density at radius 1 is 1.53 bits per heavy atom. The highest BCUT2D eigenvalue weighted by atomic mass is 16.6. The number of nitrogens with zero attached hydrogens (tertiary/aromatic N) is 4. The number of aromatic amines is 1. The van der Waals surface area contributed by atoms with Crippen molar-refractivity contribution in [2.45, 2.75) is 19.9 Å². The fourth-order valence-electron chi connectivity index (χ4n) is 1.35. The average molecular weight is 236 g/mol. The summed E-state index contributed by atoms with van der Waals surface area (Å²) in [6.45, 7) is 3.99. The quantitative estimate of drug-likeness (QED) is 0.622. The Morgan fingerprint density at radius 2 is 2.29 bits per heavy atom. The molecule has 0 aliphatic carbocycles. The van der Waals surface area contributed by atoms with Gasteiger partial charge in [0.1, 0.15) is 6.20 Å². The zero-order chi connectivity index (χ0) is 12.4. The molecule has 2 heterocycles. The van der Waals surface area contributed by atoms with Gasteiger partial charge in [0.05, 0.1) is 11.9 Å². The molecule has 0 bridgehead atoms. The molecule has 0 aromatic carbocycles. The summed E-state index contributed by atoms with van der Waals surface area (Å²) in [7, 11) is 0. The lowest BCUT2D eigenvalue weighted by Gasteiger charge is -2.03. The summed E-state index contributed by atoms with van der Waals surface area (Å²) in [4.78, 5) is 10.1. The monoisotopic (exact) mass is 236 g/mol. The zero-order valence-electron chi connectivity index (χ0n) is 9.41. The molecule has 0 saturated heterocycles. The Labute approximate surface area is 96.8 Å². The Kier molecular flexibility index (Phi) is 2.77. The number of nitrogens with one attached hydrogen (secondary N) is 2. The van der Waals surface area contributed by atoms with Crippen molar-refractivity contribution < 1.29 is 4.92 Å². The standard InChI is InChI=1S/C9H12N6O2/c1-6(2)14-5-7(3-11-14)12-8-4-10-13-9(8)15(16)17/h3-6,12H,1-2H3,(H,10,13). The van der Waals surface area contributed by atoms with Crippen LogP contribution in [0.5, 0.6) is 0 Å². The van der Waals surface area contributed by atoms with Crippen LogP contribution < -0.4 is 5.32 Å². The van der Waals surface area contributed by atoms with E-state index in [-0.39, 0.29) is 11.9 Å². The summed E-state index contributed by atoms with van der Waals surface area (Å²) in [6.07, 6.45) is 4.75. The molecule has 0 aliphatic heterocycles. The van der Waals surface area contributed by atoms with E-state index in [2.05, 4.69) is 20.6 Å². The number of H-pyrrole nitrogens is 1. The highest BCUT2D eigenvalue weighted by Gasteiger charge is 2.15. The Bertz CT molecular complexity index is 529. The van der Waals surface area contributed by atoms with Crippen LogP contribution in [0.2, 0.25) is 0 Å². The van der Waals surface area contributed by atoms with Gasteiger partial charge in [-0.15, -0.1) is 5.10 Å². The van der Waals surface area contributed by atoms with Crippen molar-refractivity contribution in [3.8, 4) is 0 Å². The molecule has 0 saturated carbocycles. The highest BCUT2D eigenvalue weighted by molar-refractivity contribution is 5.65. The van der Waals surface area contributed by atoms with Crippen LogP contribution in [0.4, 0.5) is 17.2 Å². The average Bonchev–Trinajstić information content (AvgIpc) is 2.86. The predicted molar refractivity (Wildman–Crippen MR) is 61.1 cm³/mol. The SMILES string of the molecule is CC(C)n1cc(Nc2cn[nH]c2[N+](=O)[O-])cn1. The number of aromatic nitrogens is 4.